The SMILES string of the molecule is CC=CC=CC(=O)N(C)CCCN. The van der Waals surface area contributed by atoms with Crippen LogP contribution in [-0.2, 0) is 4.79 Å². The molecule has 0 saturated carbocycles. The first-order valence-corrected chi connectivity index (χ1v) is 4.47. The van der Waals surface area contributed by atoms with Crippen molar-refractivity contribution in [2.45, 2.75) is 13.3 Å². The van der Waals surface area contributed by atoms with E-state index in [9.17, 15) is 4.79 Å². The van der Waals surface area contributed by atoms with Gasteiger partial charge in [-0.05, 0) is 19.9 Å². The van der Waals surface area contributed by atoms with Crippen molar-refractivity contribution >= 4 is 5.91 Å². The van der Waals surface area contributed by atoms with E-state index in [4.69, 9.17) is 5.73 Å². The maximum Gasteiger partial charge on any atom is 0.246 e. The van der Waals surface area contributed by atoms with Gasteiger partial charge >= 0.3 is 0 Å². The smallest absolute Gasteiger partial charge is 0.246 e. The minimum Gasteiger partial charge on any atom is -0.342 e. The highest BCUT2D eigenvalue weighted by Gasteiger charge is 2.01. The molecule has 0 aromatic heterocycles. The van der Waals surface area contributed by atoms with Crippen LogP contribution < -0.4 is 5.73 Å². The Morgan fingerprint density at radius 1 is 1.46 bits per heavy atom. The minimum atomic E-state index is 0.0200. The zero-order valence-electron chi connectivity index (χ0n) is 8.36. The van der Waals surface area contributed by atoms with Crippen molar-refractivity contribution in [3.05, 3.63) is 24.3 Å². The topological polar surface area (TPSA) is 46.3 Å². The predicted molar refractivity (Wildman–Crippen MR) is 55.3 cm³/mol. The van der Waals surface area contributed by atoms with Crippen LogP contribution in [0.3, 0.4) is 0 Å². The normalized spacial score (nSPS) is 11.3. The van der Waals surface area contributed by atoms with E-state index in [1.165, 1.54) is 0 Å². The molecular formula is C10H18N2O. The number of amides is 1. The number of likely N-dealkylation sites (N-methyl/N-ethyl adjacent to an activating group) is 1. The molecule has 0 fully saturated rings. The number of hydrogen-bond acceptors (Lipinski definition) is 2. The van der Waals surface area contributed by atoms with Crippen LogP contribution in [0.2, 0.25) is 0 Å². The van der Waals surface area contributed by atoms with Crippen molar-refractivity contribution in [2.75, 3.05) is 20.1 Å². The predicted octanol–water partition coefficient (Wildman–Crippen LogP) is 0.926. The van der Waals surface area contributed by atoms with Crippen molar-refractivity contribution in [1.29, 1.82) is 0 Å². The van der Waals surface area contributed by atoms with Gasteiger partial charge in [0, 0.05) is 19.7 Å². The second kappa shape index (κ2) is 7.55. The molecule has 13 heavy (non-hydrogen) atoms. The summed E-state index contributed by atoms with van der Waals surface area (Å²) in [6.07, 6.45) is 7.84. The van der Waals surface area contributed by atoms with Gasteiger partial charge in [-0.15, -0.1) is 0 Å². The van der Waals surface area contributed by atoms with Crippen molar-refractivity contribution in [2.24, 2.45) is 5.73 Å². The average molecular weight is 182 g/mol. The first kappa shape index (κ1) is 11.9. The number of rotatable bonds is 5. The van der Waals surface area contributed by atoms with E-state index >= 15 is 0 Å². The van der Waals surface area contributed by atoms with Gasteiger partial charge in [0.25, 0.3) is 0 Å². The maximum absolute atomic E-state index is 11.3. The van der Waals surface area contributed by atoms with Crippen LogP contribution in [0.15, 0.2) is 24.3 Å². The second-order valence-electron chi connectivity index (χ2n) is 2.79. The third kappa shape index (κ3) is 6.11. The molecule has 0 spiro atoms. The molecule has 0 unspecified atom stereocenters. The number of hydrogen-bond donors (Lipinski definition) is 1. The third-order valence-electron chi connectivity index (χ3n) is 1.62. The van der Waals surface area contributed by atoms with E-state index in [-0.39, 0.29) is 5.91 Å². The fourth-order valence-electron chi connectivity index (χ4n) is 0.815. The lowest BCUT2D eigenvalue weighted by Crippen LogP contribution is -2.27. The Labute approximate surface area is 79.9 Å². The molecule has 0 saturated heterocycles. The molecule has 0 atom stereocenters. The molecule has 0 rings (SSSR count). The van der Waals surface area contributed by atoms with Gasteiger partial charge in [0.2, 0.25) is 5.91 Å². The molecule has 2 N–H and O–H groups in total. The molecule has 0 heterocycles. The van der Waals surface area contributed by atoms with E-state index in [0.717, 1.165) is 13.0 Å². The average Bonchev–Trinajstić information content (AvgIpc) is 2.14. The Kier molecular flexibility index (Phi) is 6.92. The Morgan fingerprint density at radius 2 is 2.15 bits per heavy atom. The van der Waals surface area contributed by atoms with Crippen molar-refractivity contribution in [3.8, 4) is 0 Å². The van der Waals surface area contributed by atoms with Gasteiger partial charge in [0.15, 0.2) is 0 Å². The summed E-state index contributed by atoms with van der Waals surface area (Å²) in [4.78, 5) is 12.9. The fraction of sp³-hybridized carbons (Fsp3) is 0.500. The highest BCUT2D eigenvalue weighted by Crippen LogP contribution is 1.89. The summed E-state index contributed by atoms with van der Waals surface area (Å²) in [5.74, 6) is 0.0200. The molecule has 3 nitrogen and oxygen atoms in total. The van der Waals surface area contributed by atoms with Crippen LogP contribution >= 0.6 is 0 Å². The lowest BCUT2D eigenvalue weighted by atomic mass is 10.3. The maximum atomic E-state index is 11.3. The van der Waals surface area contributed by atoms with Gasteiger partial charge in [0.05, 0.1) is 0 Å². The summed E-state index contributed by atoms with van der Waals surface area (Å²) < 4.78 is 0. The van der Waals surface area contributed by atoms with Gasteiger partial charge in [-0.3, -0.25) is 4.79 Å². The summed E-state index contributed by atoms with van der Waals surface area (Å²) in [5, 5.41) is 0. The zero-order valence-corrected chi connectivity index (χ0v) is 8.36. The van der Waals surface area contributed by atoms with E-state index in [2.05, 4.69) is 0 Å². The molecule has 0 aliphatic carbocycles. The van der Waals surface area contributed by atoms with E-state index in [1.807, 2.05) is 19.1 Å². The quantitative estimate of drug-likeness (QED) is 0.508. The molecule has 0 aromatic rings. The van der Waals surface area contributed by atoms with Crippen molar-refractivity contribution in [1.82, 2.24) is 4.90 Å². The fourth-order valence-corrected chi connectivity index (χ4v) is 0.815. The highest BCUT2D eigenvalue weighted by atomic mass is 16.2. The summed E-state index contributed by atoms with van der Waals surface area (Å²) in [7, 11) is 1.78. The van der Waals surface area contributed by atoms with Gasteiger partial charge < -0.3 is 10.6 Å². The lowest BCUT2D eigenvalue weighted by Gasteiger charge is -2.13. The van der Waals surface area contributed by atoms with Gasteiger partial charge in [-0.1, -0.05) is 18.2 Å². The van der Waals surface area contributed by atoms with Crippen LogP contribution in [0.5, 0.6) is 0 Å². The van der Waals surface area contributed by atoms with E-state index in [1.54, 1.807) is 24.1 Å². The Bertz CT molecular complexity index is 197. The number of nitrogens with two attached hydrogens (primary N) is 1. The molecule has 3 heteroatoms. The lowest BCUT2D eigenvalue weighted by molar-refractivity contribution is -0.124. The number of carbonyl (C=O) groups is 1. The van der Waals surface area contributed by atoms with Gasteiger partial charge in [-0.2, -0.15) is 0 Å². The van der Waals surface area contributed by atoms with Crippen LogP contribution in [0.25, 0.3) is 0 Å². The van der Waals surface area contributed by atoms with Crippen LogP contribution in [0.4, 0.5) is 0 Å². The Hall–Kier alpha value is -1.09. The summed E-state index contributed by atoms with van der Waals surface area (Å²) in [5.41, 5.74) is 5.33. The molecule has 0 aliphatic rings. The van der Waals surface area contributed by atoms with Crippen molar-refractivity contribution in [3.63, 3.8) is 0 Å². The van der Waals surface area contributed by atoms with Crippen LogP contribution in [0, 0.1) is 0 Å². The number of carbonyl (C=O) groups excluding carboxylic acids is 1. The standard InChI is InChI=1S/C10H18N2O/c1-3-4-5-7-10(13)12(2)9-6-8-11/h3-5,7H,6,8-9,11H2,1-2H3. The van der Waals surface area contributed by atoms with Crippen molar-refractivity contribution < 1.29 is 4.79 Å². The highest BCUT2D eigenvalue weighted by molar-refractivity contribution is 5.87. The van der Waals surface area contributed by atoms with Crippen LogP contribution in [-0.4, -0.2) is 30.9 Å². The Balaban J connectivity index is 3.81. The number of allylic oxidation sites excluding steroid dienone is 3. The minimum absolute atomic E-state index is 0.0200. The first-order chi connectivity index (χ1) is 6.22. The first-order valence-electron chi connectivity index (χ1n) is 4.47. The molecule has 0 aliphatic heterocycles. The van der Waals surface area contributed by atoms with Gasteiger partial charge in [0.1, 0.15) is 0 Å². The van der Waals surface area contributed by atoms with Crippen LogP contribution in [0.1, 0.15) is 13.3 Å². The third-order valence-corrected chi connectivity index (χ3v) is 1.62. The monoisotopic (exact) mass is 182 g/mol. The Morgan fingerprint density at radius 3 is 2.69 bits per heavy atom. The van der Waals surface area contributed by atoms with E-state index in [0.29, 0.717) is 6.54 Å². The molecular weight excluding hydrogens is 164 g/mol. The molecule has 0 radical (unpaired) electrons. The summed E-state index contributed by atoms with van der Waals surface area (Å²) in [6, 6.07) is 0. The van der Waals surface area contributed by atoms with E-state index < -0.39 is 0 Å². The molecule has 0 bridgehead atoms. The summed E-state index contributed by atoms with van der Waals surface area (Å²) in [6.45, 7) is 3.25. The molecule has 1 amide bonds. The second-order valence-corrected chi connectivity index (χ2v) is 2.79. The molecule has 74 valence electrons. The largest absolute Gasteiger partial charge is 0.342 e. The zero-order chi connectivity index (χ0) is 10.1. The number of nitrogens with zero attached hydrogens (tertiary/aromatic N) is 1. The summed E-state index contributed by atoms with van der Waals surface area (Å²) >= 11 is 0. The molecule has 0 aromatic carbocycles. The van der Waals surface area contributed by atoms with Gasteiger partial charge in [-0.25, -0.2) is 0 Å².